The Bertz CT molecular complexity index is 578. The minimum Gasteiger partial charge on any atom is -0.474 e. The van der Waals surface area contributed by atoms with Gasteiger partial charge in [-0.05, 0) is 37.5 Å². The lowest BCUT2D eigenvalue weighted by Gasteiger charge is -2.29. The van der Waals surface area contributed by atoms with Crippen LogP contribution in [0.5, 0.6) is 5.88 Å². The highest BCUT2D eigenvalue weighted by atomic mass is 16.6. The van der Waals surface area contributed by atoms with E-state index in [0.717, 1.165) is 32.1 Å². The fraction of sp³-hybridized carbons (Fsp3) is 0.600. The number of aromatic nitrogens is 1. The Morgan fingerprint density at radius 1 is 1.41 bits per heavy atom. The molecule has 2 saturated carbocycles. The SMILES string of the molecule is COC(=O)[C@@H]1CC12CCC(Oc1ccc([N+](=O)[O-])cn1)CC2. The summed E-state index contributed by atoms with van der Waals surface area (Å²) in [5, 5.41) is 10.6. The van der Waals surface area contributed by atoms with Crippen molar-refractivity contribution >= 4 is 11.7 Å². The number of nitro groups is 1. The lowest BCUT2D eigenvalue weighted by Crippen LogP contribution is -2.27. The molecule has 7 nitrogen and oxygen atoms in total. The van der Waals surface area contributed by atoms with Gasteiger partial charge < -0.3 is 9.47 Å². The summed E-state index contributed by atoms with van der Waals surface area (Å²) in [6.45, 7) is 0. The van der Waals surface area contributed by atoms with Gasteiger partial charge in [0.05, 0.1) is 18.0 Å². The van der Waals surface area contributed by atoms with Crippen molar-refractivity contribution in [3.05, 3.63) is 28.4 Å². The van der Waals surface area contributed by atoms with Crippen molar-refractivity contribution < 1.29 is 19.2 Å². The zero-order valence-electron chi connectivity index (χ0n) is 12.4. The van der Waals surface area contributed by atoms with Crippen LogP contribution in [0.1, 0.15) is 32.1 Å². The van der Waals surface area contributed by atoms with Crippen molar-refractivity contribution in [2.45, 2.75) is 38.2 Å². The normalized spacial score (nSPS) is 29.9. The van der Waals surface area contributed by atoms with Gasteiger partial charge in [0.1, 0.15) is 12.3 Å². The van der Waals surface area contributed by atoms with Gasteiger partial charge in [0.15, 0.2) is 0 Å². The molecule has 0 unspecified atom stereocenters. The van der Waals surface area contributed by atoms with E-state index < -0.39 is 4.92 Å². The molecule has 0 aliphatic heterocycles. The van der Waals surface area contributed by atoms with Crippen molar-refractivity contribution in [3.8, 4) is 5.88 Å². The number of methoxy groups -OCH3 is 1. The maximum Gasteiger partial charge on any atom is 0.309 e. The molecule has 3 rings (SSSR count). The molecule has 1 aromatic heterocycles. The number of ether oxygens (including phenoxy) is 2. The summed E-state index contributed by atoms with van der Waals surface area (Å²) in [6, 6.07) is 2.91. The molecule has 0 saturated heterocycles. The summed E-state index contributed by atoms with van der Waals surface area (Å²) in [4.78, 5) is 25.6. The van der Waals surface area contributed by atoms with Crippen molar-refractivity contribution in [3.63, 3.8) is 0 Å². The highest BCUT2D eigenvalue weighted by Gasteiger charge is 2.59. The number of hydrogen-bond acceptors (Lipinski definition) is 6. The molecule has 0 N–H and O–H groups in total. The number of carbonyl (C=O) groups is 1. The number of pyridine rings is 1. The van der Waals surface area contributed by atoms with Crippen LogP contribution in [0, 0.1) is 21.4 Å². The summed E-state index contributed by atoms with van der Waals surface area (Å²) in [5.41, 5.74) is 0.0735. The molecule has 0 aromatic carbocycles. The second-order valence-corrected chi connectivity index (χ2v) is 6.07. The highest BCUT2D eigenvalue weighted by molar-refractivity contribution is 5.76. The molecule has 0 bridgehead atoms. The van der Waals surface area contributed by atoms with Gasteiger partial charge >= 0.3 is 5.97 Å². The highest BCUT2D eigenvalue weighted by Crippen LogP contribution is 2.61. The van der Waals surface area contributed by atoms with Crippen LogP contribution in [0.4, 0.5) is 5.69 Å². The first-order valence-corrected chi connectivity index (χ1v) is 7.39. The predicted octanol–water partition coefficient (Wildman–Crippen LogP) is 2.49. The minimum absolute atomic E-state index is 0.0474. The summed E-state index contributed by atoms with van der Waals surface area (Å²) in [7, 11) is 1.43. The lowest BCUT2D eigenvalue weighted by atomic mass is 9.83. The van der Waals surface area contributed by atoms with Crippen LogP contribution < -0.4 is 4.74 Å². The Labute approximate surface area is 127 Å². The Hall–Kier alpha value is -2.18. The zero-order valence-corrected chi connectivity index (χ0v) is 12.4. The molecule has 118 valence electrons. The Morgan fingerprint density at radius 2 is 2.14 bits per heavy atom. The van der Waals surface area contributed by atoms with E-state index in [4.69, 9.17) is 9.47 Å². The van der Waals surface area contributed by atoms with E-state index in [1.807, 2.05) is 0 Å². The average Bonchev–Trinajstić information content (AvgIpc) is 3.23. The van der Waals surface area contributed by atoms with Crippen molar-refractivity contribution in [2.75, 3.05) is 7.11 Å². The van der Waals surface area contributed by atoms with Gasteiger partial charge in [-0.1, -0.05) is 0 Å². The predicted molar refractivity (Wildman–Crippen MR) is 76.3 cm³/mol. The molecule has 0 radical (unpaired) electrons. The molecule has 2 fully saturated rings. The summed E-state index contributed by atoms with van der Waals surface area (Å²) in [5.74, 6) is 0.360. The third kappa shape index (κ3) is 2.75. The van der Waals surface area contributed by atoms with E-state index >= 15 is 0 Å². The lowest BCUT2D eigenvalue weighted by molar-refractivity contribution is -0.385. The first-order valence-electron chi connectivity index (χ1n) is 7.39. The number of rotatable bonds is 4. The molecular formula is C15H18N2O5. The topological polar surface area (TPSA) is 91.6 Å². The van der Waals surface area contributed by atoms with E-state index in [-0.39, 0.29) is 29.1 Å². The van der Waals surface area contributed by atoms with Gasteiger partial charge in [-0.3, -0.25) is 14.9 Å². The summed E-state index contributed by atoms with van der Waals surface area (Å²) in [6.07, 6.45) is 5.81. The van der Waals surface area contributed by atoms with Crippen LogP contribution in [0.15, 0.2) is 18.3 Å². The summed E-state index contributed by atoms with van der Waals surface area (Å²) < 4.78 is 10.6. The second kappa shape index (κ2) is 5.55. The van der Waals surface area contributed by atoms with Crippen LogP contribution in [-0.4, -0.2) is 29.1 Å². The van der Waals surface area contributed by atoms with E-state index in [1.54, 1.807) is 0 Å². The molecule has 1 heterocycles. The monoisotopic (exact) mass is 306 g/mol. The van der Waals surface area contributed by atoms with Crippen LogP contribution >= 0.6 is 0 Å². The minimum atomic E-state index is -0.485. The third-order valence-corrected chi connectivity index (χ3v) is 4.82. The Morgan fingerprint density at radius 3 is 2.68 bits per heavy atom. The number of carbonyl (C=O) groups excluding carboxylic acids is 1. The fourth-order valence-electron chi connectivity index (χ4n) is 3.38. The molecule has 22 heavy (non-hydrogen) atoms. The number of nitrogens with zero attached hydrogens (tertiary/aromatic N) is 2. The van der Waals surface area contributed by atoms with Crippen LogP contribution in [-0.2, 0) is 9.53 Å². The maximum absolute atomic E-state index is 11.6. The van der Waals surface area contributed by atoms with Gasteiger partial charge in [0.2, 0.25) is 5.88 Å². The van der Waals surface area contributed by atoms with Gasteiger partial charge in [-0.25, -0.2) is 4.98 Å². The standard InChI is InChI=1S/C15H18N2O5/c1-21-14(18)12-8-15(12)6-4-11(5-7-15)22-13-3-2-10(9-16-13)17(19)20/h2-3,9,11-12H,4-8H2,1H3/t11?,12-,15?/m0/s1. The van der Waals surface area contributed by atoms with Gasteiger partial charge in [0.25, 0.3) is 5.69 Å². The number of hydrogen-bond donors (Lipinski definition) is 0. The van der Waals surface area contributed by atoms with Crippen molar-refractivity contribution in [2.24, 2.45) is 11.3 Å². The van der Waals surface area contributed by atoms with Crippen LogP contribution in [0.2, 0.25) is 0 Å². The molecule has 1 aromatic rings. The van der Waals surface area contributed by atoms with Crippen molar-refractivity contribution in [1.82, 2.24) is 4.98 Å². The number of esters is 1. The van der Waals surface area contributed by atoms with E-state index in [2.05, 4.69) is 4.98 Å². The fourth-order valence-corrected chi connectivity index (χ4v) is 3.38. The maximum atomic E-state index is 11.6. The van der Waals surface area contributed by atoms with Gasteiger partial charge in [-0.2, -0.15) is 0 Å². The van der Waals surface area contributed by atoms with Crippen LogP contribution in [0.25, 0.3) is 0 Å². The van der Waals surface area contributed by atoms with E-state index in [1.165, 1.54) is 25.4 Å². The molecule has 1 atom stereocenters. The largest absolute Gasteiger partial charge is 0.474 e. The Balaban J connectivity index is 1.52. The van der Waals surface area contributed by atoms with E-state index in [0.29, 0.717) is 5.88 Å². The molecule has 7 heteroatoms. The molecule has 1 spiro atoms. The van der Waals surface area contributed by atoms with E-state index in [9.17, 15) is 14.9 Å². The smallest absolute Gasteiger partial charge is 0.309 e. The second-order valence-electron chi connectivity index (χ2n) is 6.07. The average molecular weight is 306 g/mol. The zero-order chi connectivity index (χ0) is 15.7. The van der Waals surface area contributed by atoms with Crippen LogP contribution in [0.3, 0.4) is 0 Å². The molecule has 2 aliphatic rings. The van der Waals surface area contributed by atoms with Gasteiger partial charge in [-0.15, -0.1) is 0 Å². The van der Waals surface area contributed by atoms with Gasteiger partial charge in [0, 0.05) is 12.1 Å². The molecule has 0 amide bonds. The molecular weight excluding hydrogens is 288 g/mol. The Kier molecular flexibility index (Phi) is 3.72. The summed E-state index contributed by atoms with van der Waals surface area (Å²) >= 11 is 0. The third-order valence-electron chi connectivity index (χ3n) is 4.82. The first kappa shape index (κ1) is 14.7. The van der Waals surface area contributed by atoms with Crippen molar-refractivity contribution in [1.29, 1.82) is 0 Å². The molecule has 2 aliphatic carbocycles. The quantitative estimate of drug-likeness (QED) is 0.482. The first-order chi connectivity index (χ1) is 10.5.